The number of rotatable bonds is 2. The third-order valence-corrected chi connectivity index (χ3v) is 1.78. The highest BCUT2D eigenvalue weighted by atomic mass is 79.9. The van der Waals surface area contributed by atoms with Crippen LogP contribution in [0.25, 0.3) is 5.03 Å². The van der Waals surface area contributed by atoms with E-state index in [2.05, 4.69) is 15.9 Å². The fraction of sp³-hybridized carbons (Fsp3) is 0. The maximum absolute atomic E-state index is 10.2. The molecule has 0 bridgehead atoms. The van der Waals surface area contributed by atoms with E-state index in [1.165, 1.54) is 0 Å². The molecule has 0 amide bonds. The first-order chi connectivity index (χ1) is 5.59. The van der Waals surface area contributed by atoms with Crippen molar-refractivity contribution in [1.82, 2.24) is 0 Å². The van der Waals surface area contributed by atoms with E-state index in [0.717, 1.165) is 6.08 Å². The summed E-state index contributed by atoms with van der Waals surface area (Å²) in [7, 11) is 0. The first kappa shape index (κ1) is 9.35. The van der Waals surface area contributed by atoms with Gasteiger partial charge in [0.1, 0.15) is 5.76 Å². The molecule has 0 radical (unpaired) electrons. The number of carbonyl (C=O) groups is 1. The highest BCUT2D eigenvalue weighted by Crippen LogP contribution is 2.23. The highest BCUT2D eigenvalue weighted by Gasteiger charge is 2.04. The zero-order valence-corrected chi connectivity index (χ0v) is 8.09. The van der Waals surface area contributed by atoms with Gasteiger partial charge in [-0.3, -0.25) is 0 Å². The van der Waals surface area contributed by atoms with Crippen LogP contribution in [0, 0.1) is 0 Å². The summed E-state index contributed by atoms with van der Waals surface area (Å²) >= 11 is 8.65. The van der Waals surface area contributed by atoms with Gasteiger partial charge in [0.05, 0.1) is 5.03 Å². The topological polar surface area (TPSA) is 50.4 Å². The number of carboxylic acids is 1. The minimum Gasteiger partial charge on any atom is -0.478 e. The maximum Gasteiger partial charge on any atom is 0.329 e. The number of furan rings is 1. The Hall–Kier alpha value is -0.740. The molecule has 0 aliphatic carbocycles. The molecule has 64 valence electrons. The fourth-order valence-corrected chi connectivity index (χ4v) is 1.12. The summed E-state index contributed by atoms with van der Waals surface area (Å²) in [4.78, 5) is 10.2. The van der Waals surface area contributed by atoms with Crippen LogP contribution in [-0.4, -0.2) is 11.1 Å². The van der Waals surface area contributed by atoms with Gasteiger partial charge in [-0.1, -0.05) is 11.6 Å². The van der Waals surface area contributed by atoms with Gasteiger partial charge in [0.2, 0.25) is 0 Å². The van der Waals surface area contributed by atoms with E-state index in [1.807, 2.05) is 0 Å². The average molecular weight is 251 g/mol. The summed E-state index contributed by atoms with van der Waals surface area (Å²) in [5.74, 6) is -0.779. The summed E-state index contributed by atoms with van der Waals surface area (Å²) in [6.45, 7) is 0. The molecule has 3 nitrogen and oxygen atoms in total. The normalized spacial score (nSPS) is 11.7. The number of carboxylic acid groups (broad SMARTS) is 1. The summed E-state index contributed by atoms with van der Waals surface area (Å²) < 4.78 is 5.51. The van der Waals surface area contributed by atoms with Gasteiger partial charge in [0.15, 0.2) is 4.67 Å². The second kappa shape index (κ2) is 3.78. The van der Waals surface area contributed by atoms with Crippen LogP contribution in [0.4, 0.5) is 0 Å². The van der Waals surface area contributed by atoms with Crippen molar-refractivity contribution in [1.29, 1.82) is 0 Å². The molecule has 0 atom stereocenters. The Balaban J connectivity index is 2.91. The van der Waals surface area contributed by atoms with Gasteiger partial charge >= 0.3 is 5.97 Å². The van der Waals surface area contributed by atoms with Crippen LogP contribution in [0.1, 0.15) is 5.76 Å². The number of hydrogen-bond donors (Lipinski definition) is 1. The predicted octanol–water partition coefficient (Wildman–Crippen LogP) is 2.71. The molecule has 0 unspecified atom stereocenters. The van der Waals surface area contributed by atoms with Gasteiger partial charge in [0.25, 0.3) is 0 Å². The monoisotopic (exact) mass is 250 g/mol. The van der Waals surface area contributed by atoms with Gasteiger partial charge in [-0.05, 0) is 28.1 Å². The van der Waals surface area contributed by atoms with Crippen LogP contribution in [0.3, 0.4) is 0 Å². The van der Waals surface area contributed by atoms with Gasteiger partial charge < -0.3 is 9.52 Å². The Morgan fingerprint density at radius 2 is 2.33 bits per heavy atom. The second-order valence-corrected chi connectivity index (χ2v) is 3.12. The van der Waals surface area contributed by atoms with Crippen molar-refractivity contribution in [3.05, 3.63) is 28.6 Å². The van der Waals surface area contributed by atoms with Crippen molar-refractivity contribution >= 4 is 38.5 Å². The standard InChI is InChI=1S/C7H4BrClO3/c8-6-2-1-5(12-6)4(9)3-7(10)11/h1-3H,(H,10,11)/b4-3+. The summed E-state index contributed by atoms with van der Waals surface area (Å²) in [5, 5.41) is 8.40. The summed E-state index contributed by atoms with van der Waals surface area (Å²) in [6.07, 6.45) is 0.868. The van der Waals surface area contributed by atoms with Crippen molar-refractivity contribution in [2.45, 2.75) is 0 Å². The van der Waals surface area contributed by atoms with E-state index in [1.54, 1.807) is 12.1 Å². The molecule has 0 saturated heterocycles. The smallest absolute Gasteiger partial charge is 0.329 e. The van der Waals surface area contributed by atoms with Gasteiger partial charge in [0, 0.05) is 6.08 Å². The van der Waals surface area contributed by atoms with Crippen molar-refractivity contribution in [2.24, 2.45) is 0 Å². The Morgan fingerprint density at radius 3 is 2.75 bits per heavy atom. The zero-order chi connectivity index (χ0) is 9.14. The Bertz CT molecular complexity index is 329. The molecule has 0 fully saturated rings. The molecular weight excluding hydrogens is 247 g/mol. The molecule has 5 heteroatoms. The lowest BCUT2D eigenvalue weighted by atomic mass is 10.4. The minimum atomic E-state index is -1.10. The first-order valence-corrected chi connectivity index (χ1v) is 4.12. The SMILES string of the molecule is O=C(O)/C=C(/Cl)c1ccc(Br)o1. The van der Waals surface area contributed by atoms with Crippen LogP contribution in [-0.2, 0) is 4.79 Å². The molecule has 0 aliphatic heterocycles. The number of halogens is 2. The van der Waals surface area contributed by atoms with Crippen LogP contribution in [0.2, 0.25) is 0 Å². The van der Waals surface area contributed by atoms with Crippen molar-refractivity contribution in [3.8, 4) is 0 Å². The number of aliphatic carboxylic acids is 1. The van der Waals surface area contributed by atoms with E-state index in [-0.39, 0.29) is 5.03 Å². The van der Waals surface area contributed by atoms with E-state index in [4.69, 9.17) is 21.1 Å². The number of hydrogen-bond acceptors (Lipinski definition) is 2. The third kappa shape index (κ3) is 2.39. The fourth-order valence-electron chi connectivity index (χ4n) is 0.622. The molecule has 0 spiro atoms. The van der Waals surface area contributed by atoms with Gasteiger partial charge in [-0.2, -0.15) is 0 Å². The lowest BCUT2D eigenvalue weighted by Gasteiger charge is -1.89. The molecule has 1 heterocycles. The lowest BCUT2D eigenvalue weighted by molar-refractivity contribution is -0.131. The largest absolute Gasteiger partial charge is 0.478 e. The quantitative estimate of drug-likeness (QED) is 0.822. The van der Waals surface area contributed by atoms with E-state index in [0.29, 0.717) is 10.4 Å². The second-order valence-electron chi connectivity index (χ2n) is 1.93. The molecule has 0 aromatic carbocycles. The molecule has 12 heavy (non-hydrogen) atoms. The molecule has 0 aliphatic rings. The third-order valence-electron chi connectivity index (χ3n) is 1.06. The van der Waals surface area contributed by atoms with E-state index >= 15 is 0 Å². The van der Waals surface area contributed by atoms with Gasteiger partial charge in [-0.15, -0.1) is 0 Å². The van der Waals surface area contributed by atoms with E-state index in [9.17, 15) is 4.79 Å². The Morgan fingerprint density at radius 1 is 1.67 bits per heavy atom. The molecule has 0 saturated carbocycles. The summed E-state index contributed by atoms with van der Waals surface area (Å²) in [6, 6.07) is 3.21. The van der Waals surface area contributed by atoms with Crippen molar-refractivity contribution < 1.29 is 14.3 Å². The Labute approximate surface area is 81.8 Å². The average Bonchev–Trinajstić information content (AvgIpc) is 2.34. The lowest BCUT2D eigenvalue weighted by Crippen LogP contribution is -1.87. The van der Waals surface area contributed by atoms with Crippen molar-refractivity contribution in [3.63, 3.8) is 0 Å². The minimum absolute atomic E-state index is 0.0631. The van der Waals surface area contributed by atoms with Crippen molar-refractivity contribution in [2.75, 3.05) is 0 Å². The molecule has 1 N–H and O–H groups in total. The highest BCUT2D eigenvalue weighted by molar-refractivity contribution is 9.10. The molecule has 1 aromatic heterocycles. The zero-order valence-electron chi connectivity index (χ0n) is 5.75. The van der Waals surface area contributed by atoms with E-state index < -0.39 is 5.97 Å². The molecule has 1 rings (SSSR count). The van der Waals surface area contributed by atoms with Crippen LogP contribution in [0.15, 0.2) is 27.3 Å². The van der Waals surface area contributed by atoms with Gasteiger partial charge in [-0.25, -0.2) is 4.79 Å². The Kier molecular flexibility index (Phi) is 2.94. The van der Waals surface area contributed by atoms with Crippen LogP contribution < -0.4 is 0 Å². The molecule has 1 aromatic rings. The van der Waals surface area contributed by atoms with Crippen LogP contribution >= 0.6 is 27.5 Å². The predicted molar refractivity (Wildman–Crippen MR) is 47.9 cm³/mol. The van der Waals surface area contributed by atoms with Crippen LogP contribution in [0.5, 0.6) is 0 Å². The molecular formula is C7H4BrClO3. The maximum atomic E-state index is 10.2. The summed E-state index contributed by atoms with van der Waals surface area (Å²) in [5.41, 5.74) is 0. The first-order valence-electron chi connectivity index (χ1n) is 2.95.